The Balaban J connectivity index is 1.29. The van der Waals surface area contributed by atoms with Gasteiger partial charge in [-0.3, -0.25) is 14.2 Å². The van der Waals surface area contributed by atoms with Crippen molar-refractivity contribution >= 4 is 29.1 Å². The van der Waals surface area contributed by atoms with Crippen LogP contribution in [0.5, 0.6) is 11.5 Å². The van der Waals surface area contributed by atoms with Crippen molar-refractivity contribution in [1.82, 2.24) is 9.55 Å². The molecule has 164 valence electrons. The van der Waals surface area contributed by atoms with Crippen LogP contribution in [-0.2, 0) is 0 Å². The van der Waals surface area contributed by atoms with Gasteiger partial charge in [-0.15, -0.1) is 0 Å². The van der Waals surface area contributed by atoms with E-state index < -0.39 is 0 Å². The topological polar surface area (TPSA) is 82.5 Å². The molecular weight excluding hydrogens is 438 g/mol. The van der Waals surface area contributed by atoms with E-state index in [-0.39, 0.29) is 24.2 Å². The molecule has 1 aliphatic heterocycles. The molecule has 1 aliphatic rings. The average Bonchev–Trinajstić information content (AvgIpc) is 3.52. The van der Waals surface area contributed by atoms with Gasteiger partial charge >= 0.3 is 0 Å². The number of imidazole rings is 1. The largest absolute Gasteiger partial charge is 0.454 e. The number of rotatable bonds is 7. The number of para-hydroxylation sites is 1. The van der Waals surface area contributed by atoms with Crippen LogP contribution in [0, 0.1) is 0 Å². The van der Waals surface area contributed by atoms with Gasteiger partial charge in [-0.1, -0.05) is 36.0 Å². The molecule has 3 aromatic carbocycles. The minimum Gasteiger partial charge on any atom is -0.454 e. The molecule has 4 aromatic rings. The van der Waals surface area contributed by atoms with Crippen LogP contribution >= 0.6 is 11.8 Å². The van der Waals surface area contributed by atoms with Crippen LogP contribution in [0.3, 0.4) is 0 Å². The van der Waals surface area contributed by atoms with Crippen molar-refractivity contribution in [3.63, 3.8) is 0 Å². The first kappa shape index (κ1) is 20.8. The molecule has 33 heavy (non-hydrogen) atoms. The first-order valence-corrected chi connectivity index (χ1v) is 11.2. The molecule has 0 unspecified atom stereocenters. The number of ketones is 1. The van der Waals surface area contributed by atoms with Gasteiger partial charge in [0.25, 0.3) is 5.91 Å². The molecule has 1 aromatic heterocycles. The number of benzene rings is 3. The van der Waals surface area contributed by atoms with E-state index in [1.807, 2.05) is 53.2 Å². The number of nitrogens with zero attached hydrogens (tertiary/aromatic N) is 2. The SMILES string of the molecule is O=C(CSc1nccn1-c1cccc(C(=O)Nc2ccccc2)c1)c1ccc2c(c1)OCO2. The van der Waals surface area contributed by atoms with Gasteiger partial charge in [-0.2, -0.15) is 0 Å². The van der Waals surface area contributed by atoms with Gasteiger partial charge in [0.05, 0.1) is 5.75 Å². The van der Waals surface area contributed by atoms with Crippen LogP contribution in [0.15, 0.2) is 90.3 Å². The Bertz CT molecular complexity index is 1320. The van der Waals surface area contributed by atoms with E-state index in [4.69, 9.17) is 9.47 Å². The minimum atomic E-state index is -0.199. The molecule has 7 nitrogen and oxygen atoms in total. The van der Waals surface area contributed by atoms with Crippen molar-refractivity contribution in [1.29, 1.82) is 0 Å². The summed E-state index contributed by atoms with van der Waals surface area (Å²) in [6.45, 7) is 0.168. The summed E-state index contributed by atoms with van der Waals surface area (Å²) in [6.07, 6.45) is 3.48. The minimum absolute atomic E-state index is 0.0381. The Labute approximate surface area is 194 Å². The molecular formula is C25H19N3O4S. The summed E-state index contributed by atoms with van der Waals surface area (Å²) in [5.74, 6) is 1.20. The van der Waals surface area contributed by atoms with Crippen molar-refractivity contribution in [2.24, 2.45) is 0 Å². The fourth-order valence-electron chi connectivity index (χ4n) is 3.40. The predicted molar refractivity (Wildman–Crippen MR) is 126 cm³/mol. The first-order valence-electron chi connectivity index (χ1n) is 10.2. The standard InChI is InChI=1S/C25H19N3O4S/c29-21(17-9-10-22-23(14-17)32-16-31-22)15-33-25-26-11-12-28(25)20-8-4-5-18(13-20)24(30)27-19-6-2-1-3-7-19/h1-14H,15-16H2,(H,27,30). The number of Topliss-reactive ketones (excluding diaryl/α,β-unsaturated/α-hetero) is 1. The number of amides is 1. The van der Waals surface area contributed by atoms with E-state index in [0.717, 1.165) is 11.4 Å². The maximum atomic E-state index is 12.7. The third-order valence-electron chi connectivity index (χ3n) is 5.05. The van der Waals surface area contributed by atoms with Gasteiger partial charge in [0.15, 0.2) is 22.4 Å². The molecule has 0 radical (unpaired) electrons. The Morgan fingerprint density at radius 2 is 1.79 bits per heavy atom. The predicted octanol–water partition coefficient (Wildman–Crippen LogP) is 4.83. The normalized spacial score (nSPS) is 11.9. The van der Waals surface area contributed by atoms with Crippen LogP contribution in [0.4, 0.5) is 5.69 Å². The lowest BCUT2D eigenvalue weighted by molar-refractivity contribution is 0.101. The van der Waals surface area contributed by atoms with Gasteiger partial charge in [0.2, 0.25) is 6.79 Å². The lowest BCUT2D eigenvalue weighted by Gasteiger charge is -2.10. The zero-order valence-electron chi connectivity index (χ0n) is 17.4. The third-order valence-corrected chi connectivity index (χ3v) is 6.02. The van der Waals surface area contributed by atoms with Gasteiger partial charge in [-0.05, 0) is 48.5 Å². The maximum absolute atomic E-state index is 12.7. The van der Waals surface area contributed by atoms with Crippen LogP contribution < -0.4 is 14.8 Å². The Kier molecular flexibility index (Phi) is 5.82. The molecule has 0 fully saturated rings. The molecule has 1 amide bonds. The van der Waals surface area contributed by atoms with Gasteiger partial charge in [0.1, 0.15) is 0 Å². The molecule has 1 N–H and O–H groups in total. The number of carbonyl (C=O) groups is 2. The molecule has 0 bridgehead atoms. The van der Waals surface area contributed by atoms with Crippen molar-refractivity contribution in [2.45, 2.75) is 5.16 Å². The van der Waals surface area contributed by atoms with Crippen molar-refractivity contribution in [3.05, 3.63) is 96.3 Å². The second-order valence-corrected chi connectivity index (χ2v) is 8.17. The molecule has 0 saturated heterocycles. The van der Waals surface area contributed by atoms with E-state index in [1.54, 1.807) is 36.5 Å². The van der Waals surface area contributed by atoms with Crippen LogP contribution in [0.2, 0.25) is 0 Å². The van der Waals surface area contributed by atoms with Gasteiger partial charge < -0.3 is 14.8 Å². The molecule has 2 heterocycles. The zero-order valence-corrected chi connectivity index (χ0v) is 18.2. The smallest absolute Gasteiger partial charge is 0.255 e. The van der Waals surface area contributed by atoms with Crippen LogP contribution in [0.25, 0.3) is 5.69 Å². The first-order chi connectivity index (χ1) is 16.2. The number of hydrogen-bond acceptors (Lipinski definition) is 6. The fraction of sp³-hybridized carbons (Fsp3) is 0.0800. The number of fused-ring (bicyclic) bond motifs is 1. The number of ether oxygens (including phenoxy) is 2. The lowest BCUT2D eigenvalue weighted by Crippen LogP contribution is -2.12. The van der Waals surface area contributed by atoms with Gasteiger partial charge in [0, 0.05) is 34.9 Å². The molecule has 0 spiro atoms. The molecule has 0 atom stereocenters. The highest BCUT2D eigenvalue weighted by atomic mass is 32.2. The van der Waals surface area contributed by atoms with E-state index >= 15 is 0 Å². The number of nitrogens with one attached hydrogen (secondary N) is 1. The quantitative estimate of drug-likeness (QED) is 0.316. The molecule has 5 rings (SSSR count). The highest BCUT2D eigenvalue weighted by molar-refractivity contribution is 7.99. The number of carbonyl (C=O) groups excluding carboxylic acids is 2. The number of aromatic nitrogens is 2. The highest BCUT2D eigenvalue weighted by Gasteiger charge is 2.17. The second-order valence-electron chi connectivity index (χ2n) is 7.23. The third kappa shape index (κ3) is 4.61. The van der Waals surface area contributed by atoms with E-state index in [1.165, 1.54) is 11.8 Å². The lowest BCUT2D eigenvalue weighted by atomic mass is 10.1. The summed E-state index contributed by atoms with van der Waals surface area (Å²) in [5.41, 5.74) is 2.60. The van der Waals surface area contributed by atoms with Crippen LogP contribution in [0.1, 0.15) is 20.7 Å². The summed E-state index contributed by atoms with van der Waals surface area (Å²) in [5, 5.41) is 3.55. The van der Waals surface area contributed by atoms with Crippen molar-refractivity contribution < 1.29 is 19.1 Å². The van der Waals surface area contributed by atoms with E-state index in [9.17, 15) is 9.59 Å². The molecule has 0 aliphatic carbocycles. The maximum Gasteiger partial charge on any atom is 0.255 e. The van der Waals surface area contributed by atoms with E-state index in [0.29, 0.717) is 27.8 Å². The summed E-state index contributed by atoms with van der Waals surface area (Å²) in [7, 11) is 0. The Hall–Kier alpha value is -4.04. The van der Waals surface area contributed by atoms with Gasteiger partial charge in [-0.25, -0.2) is 4.98 Å². The van der Waals surface area contributed by atoms with Crippen LogP contribution in [-0.4, -0.2) is 33.8 Å². The summed E-state index contributed by atoms with van der Waals surface area (Å²) >= 11 is 1.33. The molecule has 0 saturated carbocycles. The van der Waals surface area contributed by atoms with Crippen molar-refractivity contribution in [3.8, 4) is 17.2 Å². The van der Waals surface area contributed by atoms with Crippen molar-refractivity contribution in [2.75, 3.05) is 17.9 Å². The number of thioether (sulfide) groups is 1. The highest BCUT2D eigenvalue weighted by Crippen LogP contribution is 2.33. The number of anilines is 1. The van der Waals surface area contributed by atoms with E-state index in [2.05, 4.69) is 10.3 Å². The average molecular weight is 458 g/mol. The Morgan fingerprint density at radius 1 is 0.939 bits per heavy atom. The molecule has 8 heteroatoms. The Morgan fingerprint density at radius 3 is 2.67 bits per heavy atom. The second kappa shape index (κ2) is 9.22. The summed E-state index contributed by atoms with van der Waals surface area (Å²) in [4.78, 5) is 29.8. The fourth-order valence-corrected chi connectivity index (χ4v) is 4.27. The monoisotopic (exact) mass is 457 g/mol. The summed E-state index contributed by atoms with van der Waals surface area (Å²) in [6, 6.07) is 21.7. The zero-order chi connectivity index (χ0) is 22.6. The number of hydrogen-bond donors (Lipinski definition) is 1. The summed E-state index contributed by atoms with van der Waals surface area (Å²) < 4.78 is 12.5.